The van der Waals surface area contributed by atoms with Crippen LogP contribution in [0.1, 0.15) is 27.2 Å². The number of likely N-dealkylation sites (tertiary alicyclic amines) is 1. The maximum Gasteiger partial charge on any atom is 0.410 e. The molecule has 2 atom stereocenters. The maximum atomic E-state index is 12.4. The van der Waals surface area contributed by atoms with E-state index in [-0.39, 0.29) is 18.2 Å². The summed E-state index contributed by atoms with van der Waals surface area (Å²) in [5.74, 6) is 0. The minimum absolute atomic E-state index is 0.0414. The minimum Gasteiger partial charge on any atom is -0.444 e. The van der Waals surface area contributed by atoms with E-state index < -0.39 is 5.60 Å². The Morgan fingerprint density at radius 2 is 1.41 bits per heavy atom. The van der Waals surface area contributed by atoms with E-state index in [1.54, 1.807) is 19.1 Å². The molecule has 1 amide bonds. The van der Waals surface area contributed by atoms with E-state index in [4.69, 9.17) is 33.2 Å². The lowest BCUT2D eigenvalue weighted by molar-refractivity contribution is -0.0203. The maximum absolute atomic E-state index is 12.4. The number of carbonyl (C=O) groups is 1. The molecule has 0 aromatic heterocycles. The van der Waals surface area contributed by atoms with Crippen LogP contribution in [-0.4, -0.2) is 109 Å². The monoisotopic (exact) mass is 421 g/mol. The average molecular weight is 422 g/mol. The van der Waals surface area contributed by atoms with Crippen LogP contribution < -0.4 is 0 Å². The van der Waals surface area contributed by atoms with Gasteiger partial charge in [-0.05, 0) is 27.2 Å². The zero-order valence-electron chi connectivity index (χ0n) is 18.6. The summed E-state index contributed by atoms with van der Waals surface area (Å²) >= 11 is 0. The predicted octanol–water partition coefficient (Wildman–Crippen LogP) is 1.72. The fraction of sp³-hybridized carbons (Fsp3) is 0.950. The van der Waals surface area contributed by atoms with E-state index in [0.717, 1.165) is 6.42 Å². The van der Waals surface area contributed by atoms with Gasteiger partial charge in [-0.25, -0.2) is 4.79 Å². The first-order valence-corrected chi connectivity index (χ1v) is 10.2. The molecule has 9 nitrogen and oxygen atoms in total. The highest BCUT2D eigenvalue weighted by atomic mass is 16.6. The number of methoxy groups -OCH3 is 2. The number of nitrogens with zero attached hydrogens (tertiary/aromatic N) is 1. The van der Waals surface area contributed by atoms with Crippen molar-refractivity contribution in [1.29, 1.82) is 0 Å². The van der Waals surface area contributed by atoms with E-state index in [1.807, 2.05) is 20.8 Å². The van der Waals surface area contributed by atoms with Gasteiger partial charge in [-0.15, -0.1) is 0 Å². The van der Waals surface area contributed by atoms with Crippen LogP contribution in [0.25, 0.3) is 0 Å². The average Bonchev–Trinajstić information content (AvgIpc) is 3.04. The van der Waals surface area contributed by atoms with Crippen LogP contribution >= 0.6 is 0 Å². The van der Waals surface area contributed by atoms with Gasteiger partial charge in [0.25, 0.3) is 0 Å². The van der Waals surface area contributed by atoms with Gasteiger partial charge in [0.2, 0.25) is 0 Å². The van der Waals surface area contributed by atoms with Crippen LogP contribution in [0.15, 0.2) is 0 Å². The van der Waals surface area contributed by atoms with Crippen LogP contribution in [0.5, 0.6) is 0 Å². The summed E-state index contributed by atoms with van der Waals surface area (Å²) in [6.07, 6.45) is 0.344. The van der Waals surface area contributed by atoms with Crippen LogP contribution in [0.2, 0.25) is 0 Å². The SMILES string of the molecule is COCCOCCOCCOCCO[C@H]1C[C@@H](COC)N(C(=O)OC(C)(C)C)C1. The normalized spacial score (nSPS) is 19.7. The first-order valence-electron chi connectivity index (χ1n) is 10.2. The van der Waals surface area contributed by atoms with Crippen LogP contribution in [-0.2, 0) is 33.2 Å². The highest BCUT2D eigenvalue weighted by Gasteiger charge is 2.37. The second-order valence-electron chi connectivity index (χ2n) is 7.80. The molecule has 0 aromatic carbocycles. The Kier molecular flexibility index (Phi) is 13.4. The van der Waals surface area contributed by atoms with Gasteiger partial charge in [-0.3, -0.25) is 0 Å². The Balaban J connectivity index is 2.11. The largest absolute Gasteiger partial charge is 0.444 e. The fourth-order valence-electron chi connectivity index (χ4n) is 2.85. The fourth-order valence-corrected chi connectivity index (χ4v) is 2.85. The zero-order valence-corrected chi connectivity index (χ0v) is 18.6. The van der Waals surface area contributed by atoms with Gasteiger partial charge in [0.05, 0.1) is 78.2 Å². The first-order chi connectivity index (χ1) is 13.9. The molecule has 0 unspecified atom stereocenters. The molecule has 1 saturated heterocycles. The van der Waals surface area contributed by atoms with Crippen molar-refractivity contribution >= 4 is 6.09 Å². The number of carbonyl (C=O) groups excluding carboxylic acids is 1. The Bertz CT molecular complexity index is 429. The van der Waals surface area contributed by atoms with Crippen LogP contribution in [0, 0.1) is 0 Å². The predicted molar refractivity (Wildman–Crippen MR) is 107 cm³/mol. The van der Waals surface area contributed by atoms with Crippen molar-refractivity contribution < 1.29 is 38.0 Å². The molecule has 0 bridgehead atoms. The molecule has 172 valence electrons. The molecule has 1 fully saturated rings. The lowest BCUT2D eigenvalue weighted by atomic mass is 10.2. The van der Waals surface area contributed by atoms with Crippen molar-refractivity contribution in [2.45, 2.75) is 44.9 Å². The van der Waals surface area contributed by atoms with Gasteiger partial charge in [-0.2, -0.15) is 0 Å². The highest BCUT2D eigenvalue weighted by molar-refractivity contribution is 5.69. The number of ether oxygens (including phenoxy) is 7. The molecule has 0 aromatic rings. The standard InChI is InChI=1S/C20H39NO8/c1-20(2,3)29-19(22)21-15-18(14-17(21)16-24-5)28-13-12-27-11-10-26-9-8-25-7-6-23-4/h17-18H,6-16H2,1-5H3/t17-,18-/m0/s1. The van der Waals surface area contributed by atoms with Gasteiger partial charge in [-0.1, -0.05) is 0 Å². The summed E-state index contributed by atoms with van der Waals surface area (Å²) in [6, 6.07) is -0.0414. The number of amides is 1. The molecule has 0 N–H and O–H groups in total. The van der Waals surface area contributed by atoms with Crippen molar-refractivity contribution in [3.8, 4) is 0 Å². The van der Waals surface area contributed by atoms with Gasteiger partial charge in [0.15, 0.2) is 0 Å². The molecule has 0 radical (unpaired) electrons. The number of hydrogen-bond donors (Lipinski definition) is 0. The molecular formula is C20H39NO8. The van der Waals surface area contributed by atoms with Crippen molar-refractivity contribution in [3.63, 3.8) is 0 Å². The Morgan fingerprint density at radius 1 is 0.862 bits per heavy atom. The van der Waals surface area contributed by atoms with Gasteiger partial charge in [0.1, 0.15) is 5.60 Å². The first kappa shape index (κ1) is 26.1. The summed E-state index contributed by atoms with van der Waals surface area (Å²) < 4.78 is 37.7. The van der Waals surface area contributed by atoms with Crippen LogP contribution in [0.3, 0.4) is 0 Å². The molecule has 1 aliphatic heterocycles. The Hall–Kier alpha value is -0.970. The van der Waals surface area contributed by atoms with Crippen molar-refractivity contribution in [2.24, 2.45) is 0 Å². The number of hydrogen-bond acceptors (Lipinski definition) is 8. The van der Waals surface area contributed by atoms with E-state index in [0.29, 0.717) is 66.0 Å². The van der Waals surface area contributed by atoms with Crippen molar-refractivity contribution in [3.05, 3.63) is 0 Å². The quantitative estimate of drug-likeness (QED) is 0.370. The highest BCUT2D eigenvalue weighted by Crippen LogP contribution is 2.23. The Morgan fingerprint density at radius 3 is 1.93 bits per heavy atom. The van der Waals surface area contributed by atoms with E-state index in [1.165, 1.54) is 0 Å². The third kappa shape index (κ3) is 12.3. The smallest absolute Gasteiger partial charge is 0.410 e. The molecule has 1 rings (SSSR count). The zero-order chi connectivity index (χ0) is 21.5. The molecular weight excluding hydrogens is 382 g/mol. The van der Waals surface area contributed by atoms with E-state index in [9.17, 15) is 4.79 Å². The number of rotatable bonds is 15. The Labute approximate surface area is 174 Å². The summed E-state index contributed by atoms with van der Waals surface area (Å²) in [5, 5.41) is 0. The van der Waals surface area contributed by atoms with Crippen LogP contribution in [0.4, 0.5) is 4.79 Å². The summed E-state index contributed by atoms with van der Waals surface area (Å²) in [4.78, 5) is 14.1. The molecule has 0 saturated carbocycles. The van der Waals surface area contributed by atoms with Gasteiger partial charge < -0.3 is 38.1 Å². The summed E-state index contributed by atoms with van der Waals surface area (Å²) in [7, 11) is 3.27. The van der Waals surface area contributed by atoms with E-state index >= 15 is 0 Å². The molecule has 29 heavy (non-hydrogen) atoms. The third-order valence-corrected chi connectivity index (χ3v) is 4.12. The topological polar surface area (TPSA) is 84.9 Å². The molecule has 0 spiro atoms. The summed E-state index contributed by atoms with van der Waals surface area (Å²) in [5.41, 5.74) is -0.528. The lowest BCUT2D eigenvalue weighted by Crippen LogP contribution is -2.41. The second-order valence-corrected chi connectivity index (χ2v) is 7.80. The van der Waals surface area contributed by atoms with Crippen molar-refractivity contribution in [2.75, 3.05) is 80.2 Å². The minimum atomic E-state index is -0.528. The summed E-state index contributed by atoms with van der Waals surface area (Å²) in [6.45, 7) is 10.7. The second kappa shape index (κ2) is 14.9. The molecule has 1 aliphatic rings. The molecule has 1 heterocycles. The van der Waals surface area contributed by atoms with Gasteiger partial charge >= 0.3 is 6.09 Å². The van der Waals surface area contributed by atoms with Gasteiger partial charge in [0, 0.05) is 14.2 Å². The van der Waals surface area contributed by atoms with E-state index in [2.05, 4.69) is 0 Å². The molecule has 0 aliphatic carbocycles. The third-order valence-electron chi connectivity index (χ3n) is 4.12. The van der Waals surface area contributed by atoms with Crippen molar-refractivity contribution in [1.82, 2.24) is 4.90 Å². The lowest BCUT2D eigenvalue weighted by Gasteiger charge is -2.28. The molecule has 9 heteroatoms.